The quantitative estimate of drug-likeness (QED) is 0.778. The normalized spacial score (nSPS) is 11.9. The lowest BCUT2D eigenvalue weighted by molar-refractivity contribution is 0.271. The lowest BCUT2D eigenvalue weighted by atomic mass is 10.2. The zero-order chi connectivity index (χ0) is 16.0. The highest BCUT2D eigenvalue weighted by Crippen LogP contribution is 2.22. The maximum Gasteiger partial charge on any atom is 0.242 e. The molecule has 0 heterocycles. The summed E-state index contributed by atoms with van der Waals surface area (Å²) >= 11 is 5.92. The molecule has 0 saturated carbocycles. The Bertz CT molecular complexity index is 624. The van der Waals surface area contributed by atoms with Crippen LogP contribution in [0.5, 0.6) is 0 Å². The van der Waals surface area contributed by atoms with Crippen LogP contribution in [0.15, 0.2) is 23.1 Å². The van der Waals surface area contributed by atoms with E-state index in [0.717, 1.165) is 6.54 Å². The van der Waals surface area contributed by atoms with Crippen molar-refractivity contribution in [2.45, 2.75) is 31.2 Å². The second-order valence-corrected chi connectivity index (χ2v) is 7.23. The van der Waals surface area contributed by atoms with Crippen LogP contribution in [-0.2, 0) is 10.0 Å². The molecule has 1 N–H and O–H groups in total. The average Bonchev–Trinajstić information content (AvgIpc) is 2.42. The molecule has 0 aliphatic carbocycles. The molecule has 0 aliphatic heterocycles. The van der Waals surface area contributed by atoms with Crippen LogP contribution < -0.4 is 4.72 Å². The van der Waals surface area contributed by atoms with Gasteiger partial charge in [-0.25, -0.2) is 13.1 Å². The second kappa shape index (κ2) is 7.76. The molecule has 1 rings (SSSR count). The van der Waals surface area contributed by atoms with Gasteiger partial charge in [-0.3, -0.25) is 0 Å². The summed E-state index contributed by atoms with van der Waals surface area (Å²) in [6.45, 7) is 5.32. The van der Waals surface area contributed by atoms with Crippen LogP contribution in [0.25, 0.3) is 0 Å². The van der Waals surface area contributed by atoms with E-state index in [1.807, 2.05) is 13.1 Å². The van der Waals surface area contributed by atoms with Crippen molar-refractivity contribution in [1.82, 2.24) is 9.62 Å². The topological polar surface area (TPSA) is 73.2 Å². The van der Waals surface area contributed by atoms with E-state index >= 15 is 0 Å². The molecular formula is C14H20ClN3O2S. The van der Waals surface area contributed by atoms with Gasteiger partial charge in [0.1, 0.15) is 4.90 Å². The van der Waals surface area contributed by atoms with Crippen LogP contribution in [0.3, 0.4) is 0 Å². The Labute approximate surface area is 131 Å². The third-order valence-corrected chi connectivity index (χ3v) is 5.16. The van der Waals surface area contributed by atoms with Crippen LogP contribution in [0.4, 0.5) is 0 Å². The molecule has 0 saturated heterocycles. The Morgan fingerprint density at radius 1 is 1.43 bits per heavy atom. The first-order chi connectivity index (χ1) is 9.77. The molecule has 0 amide bonds. The largest absolute Gasteiger partial charge is 0.304 e. The summed E-state index contributed by atoms with van der Waals surface area (Å²) in [7, 11) is -1.65. The van der Waals surface area contributed by atoms with Gasteiger partial charge in [0, 0.05) is 12.6 Å². The fourth-order valence-electron chi connectivity index (χ4n) is 1.66. The van der Waals surface area contributed by atoms with E-state index in [4.69, 9.17) is 16.9 Å². The Morgan fingerprint density at radius 2 is 2.10 bits per heavy atom. The molecule has 5 nitrogen and oxygen atoms in total. The van der Waals surface area contributed by atoms with Crippen molar-refractivity contribution in [3.63, 3.8) is 0 Å². The summed E-state index contributed by atoms with van der Waals surface area (Å²) in [6, 6.07) is 6.48. The Morgan fingerprint density at radius 3 is 2.62 bits per heavy atom. The minimum atomic E-state index is -3.64. The monoisotopic (exact) mass is 329 g/mol. The van der Waals surface area contributed by atoms with Crippen LogP contribution in [0, 0.1) is 11.3 Å². The van der Waals surface area contributed by atoms with Crippen molar-refractivity contribution in [2.75, 3.05) is 20.1 Å². The maximum atomic E-state index is 12.1. The molecule has 0 aromatic heterocycles. The van der Waals surface area contributed by atoms with Crippen LogP contribution in [-0.4, -0.2) is 39.5 Å². The summed E-state index contributed by atoms with van der Waals surface area (Å²) < 4.78 is 26.8. The van der Waals surface area contributed by atoms with E-state index in [9.17, 15) is 8.42 Å². The van der Waals surface area contributed by atoms with Crippen molar-refractivity contribution < 1.29 is 8.42 Å². The van der Waals surface area contributed by atoms with Gasteiger partial charge >= 0.3 is 0 Å². The van der Waals surface area contributed by atoms with E-state index in [2.05, 4.69) is 23.5 Å². The lowest BCUT2D eigenvalue weighted by Crippen LogP contribution is -2.31. The molecule has 0 atom stereocenters. The van der Waals surface area contributed by atoms with E-state index in [0.29, 0.717) is 24.6 Å². The first kappa shape index (κ1) is 17.9. The predicted octanol–water partition coefficient (Wildman–Crippen LogP) is 2.22. The highest BCUT2D eigenvalue weighted by molar-refractivity contribution is 7.89. The molecule has 7 heteroatoms. The molecule has 1 aromatic carbocycles. The molecular weight excluding hydrogens is 310 g/mol. The van der Waals surface area contributed by atoms with Crippen molar-refractivity contribution >= 4 is 21.6 Å². The van der Waals surface area contributed by atoms with Gasteiger partial charge in [-0.15, -0.1) is 0 Å². The third kappa shape index (κ3) is 5.29. The molecule has 0 aliphatic rings. The number of hydrogen-bond acceptors (Lipinski definition) is 4. The molecule has 0 unspecified atom stereocenters. The van der Waals surface area contributed by atoms with Crippen molar-refractivity contribution in [3.8, 4) is 6.07 Å². The smallest absolute Gasteiger partial charge is 0.242 e. The van der Waals surface area contributed by atoms with E-state index < -0.39 is 10.0 Å². The summed E-state index contributed by atoms with van der Waals surface area (Å²) in [5.41, 5.74) is 0.331. The second-order valence-electron chi connectivity index (χ2n) is 5.08. The lowest BCUT2D eigenvalue weighted by Gasteiger charge is -2.20. The SMILES string of the molecule is CC(C)N(C)CCCNS(=O)(=O)c1ccc(C#N)cc1Cl. The number of hydrogen-bond donors (Lipinski definition) is 1. The Hall–Kier alpha value is -1.13. The predicted molar refractivity (Wildman–Crippen MR) is 83.7 cm³/mol. The van der Waals surface area contributed by atoms with Gasteiger partial charge in [-0.2, -0.15) is 5.26 Å². The van der Waals surface area contributed by atoms with Gasteiger partial charge in [-0.05, 0) is 52.1 Å². The molecule has 0 bridgehead atoms. The summed E-state index contributed by atoms with van der Waals surface area (Å²) in [4.78, 5) is 2.14. The van der Waals surface area contributed by atoms with Gasteiger partial charge in [0.15, 0.2) is 0 Å². The molecule has 1 aromatic rings. The average molecular weight is 330 g/mol. The van der Waals surface area contributed by atoms with Crippen LogP contribution >= 0.6 is 11.6 Å². The van der Waals surface area contributed by atoms with E-state index in [1.165, 1.54) is 18.2 Å². The highest BCUT2D eigenvalue weighted by Gasteiger charge is 2.17. The molecule has 21 heavy (non-hydrogen) atoms. The molecule has 0 spiro atoms. The first-order valence-corrected chi connectivity index (χ1v) is 8.53. The number of sulfonamides is 1. The number of nitriles is 1. The van der Waals surface area contributed by atoms with Gasteiger partial charge in [-0.1, -0.05) is 11.6 Å². The number of rotatable bonds is 7. The Balaban J connectivity index is 2.64. The summed E-state index contributed by atoms with van der Waals surface area (Å²) in [5.74, 6) is 0. The first-order valence-electron chi connectivity index (χ1n) is 6.67. The fourth-order valence-corrected chi connectivity index (χ4v) is 3.28. The summed E-state index contributed by atoms with van der Waals surface area (Å²) in [5, 5.41) is 8.80. The van der Waals surface area contributed by atoms with Crippen molar-refractivity contribution in [2.24, 2.45) is 0 Å². The van der Waals surface area contributed by atoms with Gasteiger partial charge in [0.2, 0.25) is 10.0 Å². The molecule has 0 fully saturated rings. The standard InChI is InChI=1S/C14H20ClN3O2S/c1-11(2)18(3)8-4-7-17-21(19,20)14-6-5-12(10-16)9-13(14)15/h5-6,9,11,17H,4,7-8H2,1-3H3. The zero-order valence-corrected chi connectivity index (χ0v) is 14.0. The number of benzene rings is 1. The molecule has 116 valence electrons. The fraction of sp³-hybridized carbons (Fsp3) is 0.500. The van der Waals surface area contributed by atoms with E-state index in [1.54, 1.807) is 0 Å². The minimum Gasteiger partial charge on any atom is -0.304 e. The number of nitrogens with zero attached hydrogens (tertiary/aromatic N) is 2. The zero-order valence-electron chi connectivity index (χ0n) is 12.4. The van der Waals surface area contributed by atoms with Crippen LogP contribution in [0.2, 0.25) is 5.02 Å². The van der Waals surface area contributed by atoms with Crippen molar-refractivity contribution in [3.05, 3.63) is 28.8 Å². The minimum absolute atomic E-state index is 0.000353. The molecule has 0 radical (unpaired) electrons. The van der Waals surface area contributed by atoms with Crippen LogP contribution in [0.1, 0.15) is 25.8 Å². The third-order valence-electron chi connectivity index (χ3n) is 3.21. The van der Waals surface area contributed by atoms with Gasteiger partial charge in [0.05, 0.1) is 16.7 Å². The number of halogens is 1. The van der Waals surface area contributed by atoms with Crippen molar-refractivity contribution in [1.29, 1.82) is 5.26 Å². The van der Waals surface area contributed by atoms with E-state index in [-0.39, 0.29) is 9.92 Å². The maximum absolute atomic E-state index is 12.1. The Kier molecular flexibility index (Phi) is 6.62. The summed E-state index contributed by atoms with van der Waals surface area (Å²) in [6.07, 6.45) is 0.710. The number of nitrogens with one attached hydrogen (secondary N) is 1. The van der Waals surface area contributed by atoms with Gasteiger partial charge in [0.25, 0.3) is 0 Å². The highest BCUT2D eigenvalue weighted by atomic mass is 35.5. The van der Waals surface area contributed by atoms with Gasteiger partial charge < -0.3 is 4.90 Å².